The Morgan fingerprint density at radius 3 is 2.50 bits per heavy atom. The fourth-order valence-electron chi connectivity index (χ4n) is 2.68. The summed E-state index contributed by atoms with van der Waals surface area (Å²) < 4.78 is 25.5. The van der Waals surface area contributed by atoms with Crippen LogP contribution >= 0.6 is 0 Å². The van der Waals surface area contributed by atoms with E-state index in [1.165, 1.54) is 0 Å². The molecule has 3 aromatic rings. The molecule has 3 rings (SSSR count). The van der Waals surface area contributed by atoms with Crippen LogP contribution in [0.5, 0.6) is 0 Å². The minimum absolute atomic E-state index is 0.414. The third kappa shape index (κ3) is 4.72. The first-order valence-corrected chi connectivity index (χ1v) is 10.6. The molecule has 0 spiro atoms. The Morgan fingerprint density at radius 2 is 1.82 bits per heavy atom. The average Bonchev–Trinajstić information content (AvgIpc) is 2.68. The lowest BCUT2D eigenvalue weighted by Gasteiger charge is -2.08. The normalized spacial score (nSPS) is 10.8. The van der Waals surface area contributed by atoms with Gasteiger partial charge in [0.05, 0.1) is 34.6 Å². The Morgan fingerprint density at radius 1 is 1.07 bits per heavy atom. The van der Waals surface area contributed by atoms with Crippen molar-refractivity contribution >= 4 is 15.7 Å². The highest BCUT2D eigenvalue weighted by atomic mass is 32.2. The second-order valence-corrected chi connectivity index (χ2v) is 7.99. The summed E-state index contributed by atoms with van der Waals surface area (Å²) in [5.41, 5.74) is 4.95. The summed E-state index contributed by atoms with van der Waals surface area (Å²) in [6.07, 6.45) is 4.99. The lowest BCUT2D eigenvalue weighted by molar-refractivity contribution is 0.606. The van der Waals surface area contributed by atoms with Crippen molar-refractivity contribution in [3.05, 3.63) is 71.4 Å². The summed E-state index contributed by atoms with van der Waals surface area (Å²) in [4.78, 5) is 13.0. The zero-order valence-electron chi connectivity index (χ0n) is 15.9. The van der Waals surface area contributed by atoms with Crippen LogP contribution in [0.15, 0.2) is 48.9 Å². The number of benzene rings is 1. The quantitative estimate of drug-likeness (QED) is 0.690. The molecule has 142 valence electrons. The molecule has 0 aliphatic rings. The monoisotopic (exact) mass is 392 g/mol. The van der Waals surface area contributed by atoms with Crippen LogP contribution < -0.4 is 4.72 Å². The van der Waals surface area contributed by atoms with Gasteiger partial charge in [0.15, 0.2) is 0 Å². The molecule has 2 aromatic heterocycles. The van der Waals surface area contributed by atoms with E-state index in [1.807, 2.05) is 37.3 Å². The fraction of sp³-hybridized carbons (Fsp3) is 0.190. The molecule has 2 heterocycles. The largest absolute Gasteiger partial charge is 0.282 e. The number of rotatable bonds is 4. The summed E-state index contributed by atoms with van der Waals surface area (Å²) >= 11 is 0. The van der Waals surface area contributed by atoms with Crippen molar-refractivity contribution in [2.75, 3.05) is 11.0 Å². The van der Waals surface area contributed by atoms with Crippen LogP contribution in [0.25, 0.3) is 11.3 Å². The number of nitrogens with one attached hydrogen (secondary N) is 1. The molecule has 0 aliphatic heterocycles. The SMILES string of the molecule is CCc1ncnc(-c2ccccc2)c1C#Cc1cnc(C)c(NS(C)(=O)=O)c1. The van der Waals surface area contributed by atoms with Crippen molar-refractivity contribution in [2.45, 2.75) is 20.3 Å². The number of sulfonamides is 1. The Labute approximate surface area is 165 Å². The zero-order chi connectivity index (χ0) is 20.1. The Balaban J connectivity index is 2.07. The second-order valence-electron chi connectivity index (χ2n) is 6.24. The highest BCUT2D eigenvalue weighted by Gasteiger charge is 2.10. The van der Waals surface area contributed by atoms with Crippen LogP contribution in [-0.2, 0) is 16.4 Å². The first-order chi connectivity index (χ1) is 13.4. The molecular formula is C21H20N4O2S. The number of aromatic nitrogens is 3. The molecular weight excluding hydrogens is 372 g/mol. The summed E-state index contributed by atoms with van der Waals surface area (Å²) in [5.74, 6) is 6.24. The molecule has 0 unspecified atom stereocenters. The van der Waals surface area contributed by atoms with Gasteiger partial charge in [0.2, 0.25) is 10.0 Å². The predicted octanol–water partition coefficient (Wildman–Crippen LogP) is 3.18. The molecule has 0 saturated heterocycles. The van der Waals surface area contributed by atoms with E-state index in [2.05, 4.69) is 31.5 Å². The maximum absolute atomic E-state index is 11.5. The molecule has 0 amide bonds. The third-order valence-corrected chi connectivity index (χ3v) is 4.61. The first kappa shape index (κ1) is 19.5. The molecule has 1 aromatic carbocycles. The lowest BCUT2D eigenvalue weighted by Crippen LogP contribution is -2.11. The maximum Gasteiger partial charge on any atom is 0.229 e. The minimum atomic E-state index is -3.40. The van der Waals surface area contributed by atoms with E-state index < -0.39 is 10.0 Å². The van der Waals surface area contributed by atoms with Gasteiger partial charge >= 0.3 is 0 Å². The lowest BCUT2D eigenvalue weighted by atomic mass is 10.0. The van der Waals surface area contributed by atoms with Crippen LogP contribution in [-0.4, -0.2) is 29.6 Å². The van der Waals surface area contributed by atoms with E-state index in [-0.39, 0.29) is 0 Å². The van der Waals surface area contributed by atoms with Crippen LogP contribution in [0.1, 0.15) is 29.4 Å². The summed E-state index contributed by atoms with van der Waals surface area (Å²) in [7, 11) is -3.40. The van der Waals surface area contributed by atoms with Crippen LogP contribution in [0.2, 0.25) is 0 Å². The molecule has 0 aliphatic carbocycles. The van der Waals surface area contributed by atoms with Crippen LogP contribution in [0.4, 0.5) is 5.69 Å². The van der Waals surface area contributed by atoms with Gasteiger partial charge in [-0.05, 0) is 19.4 Å². The van der Waals surface area contributed by atoms with E-state index in [9.17, 15) is 8.42 Å². The van der Waals surface area contributed by atoms with Gasteiger partial charge < -0.3 is 0 Å². The zero-order valence-corrected chi connectivity index (χ0v) is 16.7. The number of aryl methyl sites for hydroxylation is 2. The number of nitrogens with zero attached hydrogens (tertiary/aromatic N) is 3. The van der Waals surface area contributed by atoms with Crippen molar-refractivity contribution in [2.24, 2.45) is 0 Å². The number of hydrogen-bond acceptors (Lipinski definition) is 5. The van der Waals surface area contributed by atoms with Crippen molar-refractivity contribution in [3.8, 4) is 23.1 Å². The van der Waals surface area contributed by atoms with E-state index in [0.717, 1.165) is 35.2 Å². The van der Waals surface area contributed by atoms with Crippen molar-refractivity contribution in [1.82, 2.24) is 15.0 Å². The highest BCUT2D eigenvalue weighted by molar-refractivity contribution is 7.92. The first-order valence-electron chi connectivity index (χ1n) is 8.73. The average molecular weight is 392 g/mol. The van der Waals surface area contributed by atoms with Gasteiger partial charge in [0, 0.05) is 17.3 Å². The van der Waals surface area contributed by atoms with Crippen LogP contribution in [0.3, 0.4) is 0 Å². The summed E-state index contributed by atoms with van der Waals surface area (Å²) in [5, 5.41) is 0. The molecule has 0 bridgehead atoms. The minimum Gasteiger partial charge on any atom is -0.282 e. The predicted molar refractivity (Wildman–Crippen MR) is 110 cm³/mol. The highest BCUT2D eigenvalue weighted by Crippen LogP contribution is 2.22. The van der Waals surface area contributed by atoms with Gasteiger partial charge in [-0.1, -0.05) is 49.1 Å². The van der Waals surface area contributed by atoms with Gasteiger partial charge in [-0.15, -0.1) is 0 Å². The van der Waals surface area contributed by atoms with Gasteiger partial charge in [-0.3, -0.25) is 9.71 Å². The standard InChI is InChI=1S/C21H20N4O2S/c1-4-19-18(21(24-14-23-19)17-8-6-5-7-9-17)11-10-16-12-20(15(2)22-13-16)25-28(3,26)27/h5-9,12-14,25H,4H2,1-3H3. The van der Waals surface area contributed by atoms with E-state index in [0.29, 0.717) is 16.9 Å². The number of anilines is 1. The smallest absolute Gasteiger partial charge is 0.229 e. The Hall–Kier alpha value is -3.24. The number of pyridine rings is 1. The van der Waals surface area contributed by atoms with E-state index in [1.54, 1.807) is 25.5 Å². The van der Waals surface area contributed by atoms with Gasteiger partial charge in [0.25, 0.3) is 0 Å². The molecule has 7 heteroatoms. The van der Waals surface area contributed by atoms with Gasteiger partial charge in [-0.25, -0.2) is 18.4 Å². The molecule has 0 fully saturated rings. The third-order valence-electron chi connectivity index (χ3n) is 4.02. The maximum atomic E-state index is 11.5. The Bertz CT molecular complexity index is 1160. The topological polar surface area (TPSA) is 84.8 Å². The van der Waals surface area contributed by atoms with Gasteiger partial charge in [-0.2, -0.15) is 0 Å². The summed E-state index contributed by atoms with van der Waals surface area (Å²) in [6, 6.07) is 11.5. The molecule has 1 N–H and O–H groups in total. The van der Waals surface area contributed by atoms with E-state index in [4.69, 9.17) is 0 Å². The summed E-state index contributed by atoms with van der Waals surface area (Å²) in [6.45, 7) is 3.75. The second kappa shape index (κ2) is 8.19. The van der Waals surface area contributed by atoms with Crippen molar-refractivity contribution in [1.29, 1.82) is 0 Å². The number of hydrogen-bond donors (Lipinski definition) is 1. The Kier molecular flexibility index (Phi) is 5.71. The molecule has 0 radical (unpaired) electrons. The fourth-order valence-corrected chi connectivity index (χ4v) is 3.28. The molecule has 0 atom stereocenters. The molecule has 28 heavy (non-hydrogen) atoms. The molecule has 0 saturated carbocycles. The van der Waals surface area contributed by atoms with Crippen LogP contribution in [0, 0.1) is 18.8 Å². The van der Waals surface area contributed by atoms with E-state index >= 15 is 0 Å². The van der Waals surface area contributed by atoms with Crippen molar-refractivity contribution < 1.29 is 8.42 Å². The van der Waals surface area contributed by atoms with Gasteiger partial charge in [0.1, 0.15) is 6.33 Å². The molecule has 6 nitrogen and oxygen atoms in total. The van der Waals surface area contributed by atoms with Crippen molar-refractivity contribution in [3.63, 3.8) is 0 Å².